The van der Waals surface area contributed by atoms with Gasteiger partial charge in [0.1, 0.15) is 24.3 Å². The molecule has 2 aromatic rings. The van der Waals surface area contributed by atoms with Gasteiger partial charge in [0.15, 0.2) is 0 Å². The number of nitriles is 1. The number of hydrogen-bond acceptors (Lipinski definition) is 7. The predicted octanol–water partition coefficient (Wildman–Crippen LogP) is 2.40. The highest BCUT2D eigenvalue weighted by molar-refractivity contribution is 5.70. The van der Waals surface area contributed by atoms with Crippen LogP contribution in [0.25, 0.3) is 11.3 Å². The second-order valence-corrected chi connectivity index (χ2v) is 7.48. The summed E-state index contributed by atoms with van der Waals surface area (Å²) in [6, 6.07) is 7.91. The summed E-state index contributed by atoms with van der Waals surface area (Å²) in [5.41, 5.74) is 6.90. The number of piperidine rings is 1. The minimum atomic E-state index is -0.608. The van der Waals surface area contributed by atoms with Gasteiger partial charge in [0.25, 0.3) is 0 Å². The fourth-order valence-corrected chi connectivity index (χ4v) is 4.00. The van der Waals surface area contributed by atoms with E-state index in [1.165, 1.54) is 12.1 Å². The number of nitrogen functional groups attached to an aromatic ring is 1. The molecule has 0 radical (unpaired) electrons. The lowest BCUT2D eigenvalue weighted by Crippen LogP contribution is -2.51. The quantitative estimate of drug-likeness (QED) is 0.848. The molecule has 0 bridgehead atoms. The summed E-state index contributed by atoms with van der Waals surface area (Å²) in [7, 11) is 0. The van der Waals surface area contributed by atoms with Crippen LogP contribution in [0.5, 0.6) is 0 Å². The molecule has 0 aliphatic carbocycles. The molecular weight excluding hydrogens is 375 g/mol. The Labute approximate surface area is 167 Å². The van der Waals surface area contributed by atoms with Crippen LogP contribution in [0.1, 0.15) is 18.9 Å². The Bertz CT molecular complexity index is 991. The maximum atomic E-state index is 14.0. The first-order valence-corrected chi connectivity index (χ1v) is 9.47. The van der Waals surface area contributed by atoms with E-state index < -0.39 is 5.82 Å². The van der Waals surface area contributed by atoms with Crippen molar-refractivity contribution in [2.75, 3.05) is 36.9 Å². The largest absolute Gasteiger partial charge is 0.448 e. The van der Waals surface area contributed by atoms with Crippen molar-refractivity contribution < 1.29 is 13.9 Å². The number of aromatic nitrogens is 2. The Kier molecular flexibility index (Phi) is 4.92. The van der Waals surface area contributed by atoms with E-state index >= 15 is 0 Å². The van der Waals surface area contributed by atoms with Gasteiger partial charge in [0.05, 0.1) is 23.8 Å². The zero-order valence-corrected chi connectivity index (χ0v) is 16.0. The van der Waals surface area contributed by atoms with Crippen molar-refractivity contribution in [1.29, 1.82) is 5.26 Å². The van der Waals surface area contributed by atoms with E-state index in [4.69, 9.17) is 15.7 Å². The lowest BCUT2D eigenvalue weighted by Gasteiger charge is -2.40. The van der Waals surface area contributed by atoms with Crippen LogP contribution in [-0.2, 0) is 4.74 Å². The highest BCUT2D eigenvalue weighted by Gasteiger charge is 2.35. The average Bonchev–Trinajstić information content (AvgIpc) is 3.13. The Balaban J connectivity index is 1.63. The highest BCUT2D eigenvalue weighted by atomic mass is 19.1. The summed E-state index contributed by atoms with van der Waals surface area (Å²) in [5.74, 6) is 0.441. The number of carbonyl (C=O) groups excluding carboxylic acids is 1. The first-order chi connectivity index (χ1) is 13.9. The molecule has 29 heavy (non-hydrogen) atoms. The van der Waals surface area contributed by atoms with Gasteiger partial charge in [-0.3, -0.25) is 0 Å². The van der Waals surface area contributed by atoms with E-state index in [1.807, 2.05) is 0 Å². The fourth-order valence-electron chi connectivity index (χ4n) is 4.00. The molecule has 2 saturated heterocycles. The van der Waals surface area contributed by atoms with E-state index in [9.17, 15) is 9.18 Å². The second-order valence-electron chi connectivity index (χ2n) is 7.48. The summed E-state index contributed by atoms with van der Waals surface area (Å²) in [5, 5.41) is 8.92. The first kappa shape index (κ1) is 18.9. The lowest BCUT2D eigenvalue weighted by atomic mass is 9.95. The minimum absolute atomic E-state index is 0.0267. The summed E-state index contributed by atoms with van der Waals surface area (Å²) >= 11 is 0. The molecule has 0 saturated carbocycles. The summed E-state index contributed by atoms with van der Waals surface area (Å²) < 4.78 is 19.1. The van der Waals surface area contributed by atoms with Gasteiger partial charge in [-0.15, -0.1) is 0 Å². The van der Waals surface area contributed by atoms with E-state index in [0.717, 1.165) is 13.0 Å². The van der Waals surface area contributed by atoms with E-state index in [1.54, 1.807) is 23.1 Å². The Morgan fingerprint density at radius 1 is 1.31 bits per heavy atom. The Hall–Kier alpha value is -3.41. The minimum Gasteiger partial charge on any atom is -0.448 e. The number of halogens is 1. The number of hydrogen-bond donors (Lipinski definition) is 1. The zero-order valence-electron chi connectivity index (χ0n) is 16.0. The average molecular weight is 396 g/mol. The van der Waals surface area contributed by atoms with Crippen LogP contribution in [0.4, 0.5) is 21.0 Å². The summed E-state index contributed by atoms with van der Waals surface area (Å²) in [6.45, 7) is 4.50. The number of amides is 1. The number of rotatable bonds is 3. The molecule has 1 amide bonds. The predicted molar refractivity (Wildman–Crippen MR) is 104 cm³/mol. The number of anilines is 2. The van der Waals surface area contributed by atoms with Gasteiger partial charge in [-0.05, 0) is 24.5 Å². The third kappa shape index (κ3) is 3.78. The molecule has 4 rings (SSSR count). The van der Waals surface area contributed by atoms with Crippen LogP contribution in [0, 0.1) is 23.1 Å². The standard InChI is InChI=1S/C20H21FN6O2/c1-12-6-15(27-4-5-29-20(27)28)11-26(10-12)18-8-17(24-19(23)25-18)13-2-3-14(9-22)16(21)7-13/h2-3,7-8,12,15H,4-6,10-11H2,1H3,(H2,23,24,25). The normalized spacial score (nSPS) is 21.8. The van der Waals surface area contributed by atoms with Gasteiger partial charge in [-0.1, -0.05) is 13.0 Å². The van der Waals surface area contributed by atoms with Gasteiger partial charge in [-0.2, -0.15) is 10.2 Å². The molecule has 2 aliphatic heterocycles. The maximum absolute atomic E-state index is 14.0. The summed E-state index contributed by atoms with van der Waals surface area (Å²) in [6.07, 6.45) is 0.611. The SMILES string of the molecule is CC1CC(N2CCOC2=O)CN(c2cc(-c3ccc(C#N)c(F)c3)nc(N)n2)C1. The number of carbonyl (C=O) groups is 1. The van der Waals surface area contributed by atoms with Crippen LogP contribution in [0.2, 0.25) is 0 Å². The summed E-state index contributed by atoms with van der Waals surface area (Å²) in [4.78, 5) is 24.4. The number of nitrogens with zero attached hydrogens (tertiary/aromatic N) is 5. The van der Waals surface area contributed by atoms with Crippen molar-refractivity contribution in [2.45, 2.75) is 19.4 Å². The molecule has 2 aliphatic rings. The molecular formula is C20H21FN6O2. The molecule has 2 N–H and O–H groups in total. The molecule has 2 atom stereocenters. The topological polar surface area (TPSA) is 108 Å². The number of cyclic esters (lactones) is 1. The van der Waals surface area contributed by atoms with Gasteiger partial charge in [-0.25, -0.2) is 14.2 Å². The van der Waals surface area contributed by atoms with Crippen molar-refractivity contribution >= 4 is 17.9 Å². The lowest BCUT2D eigenvalue weighted by molar-refractivity contribution is 0.139. The van der Waals surface area contributed by atoms with Gasteiger partial charge in [0, 0.05) is 24.7 Å². The van der Waals surface area contributed by atoms with Crippen LogP contribution in [-0.4, -0.2) is 53.2 Å². The van der Waals surface area contributed by atoms with E-state index in [0.29, 0.717) is 42.7 Å². The van der Waals surface area contributed by atoms with Crippen molar-refractivity contribution in [3.8, 4) is 17.3 Å². The maximum Gasteiger partial charge on any atom is 0.410 e. The van der Waals surface area contributed by atoms with Gasteiger partial charge in [0.2, 0.25) is 5.95 Å². The molecule has 2 unspecified atom stereocenters. The van der Waals surface area contributed by atoms with Crippen LogP contribution in [0.3, 0.4) is 0 Å². The van der Waals surface area contributed by atoms with Crippen LogP contribution in [0.15, 0.2) is 24.3 Å². The first-order valence-electron chi connectivity index (χ1n) is 9.47. The van der Waals surface area contributed by atoms with E-state index in [2.05, 4.69) is 21.8 Å². The molecule has 1 aromatic carbocycles. The molecule has 3 heterocycles. The Morgan fingerprint density at radius 3 is 2.83 bits per heavy atom. The molecule has 8 nitrogen and oxygen atoms in total. The smallest absolute Gasteiger partial charge is 0.410 e. The van der Waals surface area contributed by atoms with Gasteiger partial charge >= 0.3 is 6.09 Å². The number of ether oxygens (including phenoxy) is 1. The number of benzene rings is 1. The van der Waals surface area contributed by atoms with Crippen LogP contribution < -0.4 is 10.6 Å². The fraction of sp³-hybridized carbons (Fsp3) is 0.400. The van der Waals surface area contributed by atoms with Gasteiger partial charge < -0.3 is 20.3 Å². The molecule has 9 heteroatoms. The van der Waals surface area contributed by atoms with Crippen molar-refractivity contribution in [3.63, 3.8) is 0 Å². The van der Waals surface area contributed by atoms with Crippen molar-refractivity contribution in [3.05, 3.63) is 35.6 Å². The van der Waals surface area contributed by atoms with E-state index in [-0.39, 0.29) is 23.6 Å². The molecule has 1 aromatic heterocycles. The zero-order chi connectivity index (χ0) is 20.5. The second kappa shape index (κ2) is 7.54. The van der Waals surface area contributed by atoms with Crippen LogP contribution >= 0.6 is 0 Å². The molecule has 2 fully saturated rings. The third-order valence-electron chi connectivity index (χ3n) is 5.31. The molecule has 150 valence electrons. The number of nitrogens with two attached hydrogens (primary N) is 1. The van der Waals surface area contributed by atoms with Crippen molar-refractivity contribution in [1.82, 2.24) is 14.9 Å². The third-order valence-corrected chi connectivity index (χ3v) is 5.31. The Morgan fingerprint density at radius 2 is 2.14 bits per heavy atom. The monoisotopic (exact) mass is 396 g/mol. The highest BCUT2D eigenvalue weighted by Crippen LogP contribution is 2.29. The van der Waals surface area contributed by atoms with Crippen molar-refractivity contribution in [2.24, 2.45) is 5.92 Å². The molecule has 0 spiro atoms.